The molecule has 1 aliphatic carbocycles. The molecule has 112 valence electrons. The highest BCUT2D eigenvalue weighted by molar-refractivity contribution is 6.01. The summed E-state index contributed by atoms with van der Waals surface area (Å²) < 4.78 is 2.29. The van der Waals surface area contributed by atoms with Crippen molar-refractivity contribution in [3.05, 3.63) is 29.6 Å². The van der Waals surface area contributed by atoms with Gasteiger partial charge in [-0.25, -0.2) is 9.78 Å². The number of imidazole rings is 1. The van der Waals surface area contributed by atoms with Gasteiger partial charge in [-0.3, -0.25) is 0 Å². The second kappa shape index (κ2) is 4.86. The van der Waals surface area contributed by atoms with Crippen LogP contribution < -0.4 is 0 Å². The third-order valence-corrected chi connectivity index (χ3v) is 4.61. The van der Waals surface area contributed by atoms with Crippen LogP contribution in [0.4, 0.5) is 0 Å². The summed E-state index contributed by atoms with van der Waals surface area (Å²) in [5.41, 5.74) is 1.88. The number of rotatable bonds is 5. The van der Waals surface area contributed by atoms with E-state index in [0.29, 0.717) is 17.0 Å². The second-order valence-electron chi connectivity index (χ2n) is 6.52. The molecule has 4 heteroatoms. The summed E-state index contributed by atoms with van der Waals surface area (Å²) in [5, 5.41) is 9.39. The average Bonchev–Trinajstić information content (AvgIpc) is 3.20. The van der Waals surface area contributed by atoms with Gasteiger partial charge in [0, 0.05) is 12.0 Å². The summed E-state index contributed by atoms with van der Waals surface area (Å²) in [5.74, 6) is 0.773. The SMILES string of the molecule is CCCc1nc2c(C(=O)O)cccc2n1C(C)(C)C1CC1. The Morgan fingerprint density at radius 2 is 2.14 bits per heavy atom. The first-order chi connectivity index (χ1) is 9.96. The molecule has 0 aliphatic heterocycles. The van der Waals surface area contributed by atoms with Crippen LogP contribution in [0.2, 0.25) is 0 Å². The minimum atomic E-state index is -0.905. The maximum Gasteiger partial charge on any atom is 0.337 e. The molecule has 1 aromatic heterocycles. The van der Waals surface area contributed by atoms with Crippen LogP contribution in [0.1, 0.15) is 56.2 Å². The highest BCUT2D eigenvalue weighted by atomic mass is 16.4. The van der Waals surface area contributed by atoms with Gasteiger partial charge in [0.25, 0.3) is 0 Å². The van der Waals surface area contributed by atoms with E-state index >= 15 is 0 Å². The monoisotopic (exact) mass is 286 g/mol. The Balaban J connectivity index is 2.27. The number of nitrogens with zero attached hydrogens (tertiary/aromatic N) is 2. The predicted molar refractivity (Wildman–Crippen MR) is 82.7 cm³/mol. The number of carboxylic acid groups (broad SMARTS) is 1. The standard InChI is InChI=1S/C17H22N2O2/c1-4-6-14-18-15-12(16(20)21)7-5-8-13(15)19(14)17(2,3)11-9-10-11/h5,7-8,11H,4,6,9-10H2,1-3H3,(H,20,21). The quantitative estimate of drug-likeness (QED) is 0.908. The predicted octanol–water partition coefficient (Wildman–Crippen LogP) is 3.83. The van der Waals surface area contributed by atoms with Gasteiger partial charge in [0.15, 0.2) is 0 Å². The van der Waals surface area contributed by atoms with Crippen molar-refractivity contribution >= 4 is 17.0 Å². The van der Waals surface area contributed by atoms with E-state index in [4.69, 9.17) is 0 Å². The number of benzene rings is 1. The molecule has 1 heterocycles. The van der Waals surface area contributed by atoms with Crippen LogP contribution in [-0.2, 0) is 12.0 Å². The first-order valence-electron chi connectivity index (χ1n) is 7.71. The third kappa shape index (κ3) is 2.23. The van der Waals surface area contributed by atoms with E-state index < -0.39 is 5.97 Å². The second-order valence-corrected chi connectivity index (χ2v) is 6.52. The lowest BCUT2D eigenvalue weighted by Gasteiger charge is -2.29. The Kier molecular flexibility index (Phi) is 3.27. The molecule has 1 aliphatic rings. The van der Waals surface area contributed by atoms with Crippen LogP contribution in [0, 0.1) is 5.92 Å². The fourth-order valence-electron chi connectivity index (χ4n) is 3.33. The molecule has 1 aromatic carbocycles. The number of carboxylic acids is 1. The van der Waals surface area contributed by atoms with Gasteiger partial charge in [0.05, 0.1) is 11.1 Å². The van der Waals surface area contributed by atoms with Crippen molar-refractivity contribution in [3.8, 4) is 0 Å². The maximum absolute atomic E-state index is 11.4. The van der Waals surface area contributed by atoms with Gasteiger partial charge < -0.3 is 9.67 Å². The molecule has 0 saturated heterocycles. The van der Waals surface area contributed by atoms with E-state index in [1.54, 1.807) is 6.07 Å². The lowest BCUT2D eigenvalue weighted by Crippen LogP contribution is -2.30. The minimum absolute atomic E-state index is 0.00359. The van der Waals surface area contributed by atoms with Gasteiger partial charge in [-0.1, -0.05) is 13.0 Å². The van der Waals surface area contributed by atoms with E-state index in [-0.39, 0.29) is 5.54 Å². The Labute approximate surface area is 124 Å². The molecule has 3 rings (SSSR count). The van der Waals surface area contributed by atoms with Crippen LogP contribution in [-0.4, -0.2) is 20.6 Å². The zero-order valence-corrected chi connectivity index (χ0v) is 12.9. The molecule has 0 atom stereocenters. The molecule has 2 aromatic rings. The van der Waals surface area contributed by atoms with Crippen LogP contribution in [0.5, 0.6) is 0 Å². The Morgan fingerprint density at radius 3 is 2.71 bits per heavy atom. The number of aromatic nitrogens is 2. The number of hydrogen-bond acceptors (Lipinski definition) is 2. The zero-order valence-electron chi connectivity index (χ0n) is 12.9. The van der Waals surface area contributed by atoms with E-state index in [9.17, 15) is 9.90 Å². The fourth-order valence-corrected chi connectivity index (χ4v) is 3.33. The summed E-state index contributed by atoms with van der Waals surface area (Å²) in [6, 6.07) is 5.46. The van der Waals surface area contributed by atoms with Crippen molar-refractivity contribution in [2.45, 2.75) is 52.0 Å². The lowest BCUT2D eigenvalue weighted by atomic mass is 9.97. The van der Waals surface area contributed by atoms with Gasteiger partial charge in [-0.05, 0) is 51.2 Å². The van der Waals surface area contributed by atoms with Gasteiger partial charge >= 0.3 is 5.97 Å². The largest absolute Gasteiger partial charge is 0.478 e. The summed E-state index contributed by atoms with van der Waals surface area (Å²) in [6.45, 7) is 6.63. The summed E-state index contributed by atoms with van der Waals surface area (Å²) in [7, 11) is 0. The number of para-hydroxylation sites is 1. The van der Waals surface area contributed by atoms with Crippen molar-refractivity contribution in [2.75, 3.05) is 0 Å². The highest BCUT2D eigenvalue weighted by Crippen LogP contribution is 2.46. The van der Waals surface area contributed by atoms with Crippen molar-refractivity contribution < 1.29 is 9.90 Å². The normalized spacial score (nSPS) is 15.6. The molecular formula is C17H22N2O2. The summed E-state index contributed by atoms with van der Waals surface area (Å²) in [6.07, 6.45) is 4.38. The molecule has 1 saturated carbocycles. The van der Waals surface area contributed by atoms with Crippen LogP contribution in [0.3, 0.4) is 0 Å². The Bertz CT molecular complexity index is 696. The number of carbonyl (C=O) groups is 1. The van der Waals surface area contributed by atoms with Crippen molar-refractivity contribution in [1.29, 1.82) is 0 Å². The Hall–Kier alpha value is -1.84. The Morgan fingerprint density at radius 1 is 1.43 bits per heavy atom. The van der Waals surface area contributed by atoms with Gasteiger partial charge in [0.2, 0.25) is 0 Å². The average molecular weight is 286 g/mol. The van der Waals surface area contributed by atoms with E-state index in [2.05, 4.69) is 30.3 Å². The van der Waals surface area contributed by atoms with Crippen LogP contribution in [0.25, 0.3) is 11.0 Å². The van der Waals surface area contributed by atoms with Gasteiger partial charge in [-0.2, -0.15) is 0 Å². The maximum atomic E-state index is 11.4. The molecule has 4 nitrogen and oxygen atoms in total. The molecule has 0 spiro atoms. The highest BCUT2D eigenvalue weighted by Gasteiger charge is 2.41. The first-order valence-corrected chi connectivity index (χ1v) is 7.71. The van der Waals surface area contributed by atoms with Crippen molar-refractivity contribution in [2.24, 2.45) is 5.92 Å². The smallest absolute Gasteiger partial charge is 0.337 e. The molecular weight excluding hydrogens is 264 g/mol. The van der Waals surface area contributed by atoms with Crippen molar-refractivity contribution in [1.82, 2.24) is 9.55 Å². The first kappa shape index (κ1) is 14.1. The van der Waals surface area contributed by atoms with E-state index in [0.717, 1.165) is 24.2 Å². The third-order valence-electron chi connectivity index (χ3n) is 4.61. The number of aryl methyl sites for hydroxylation is 1. The number of aromatic carboxylic acids is 1. The fraction of sp³-hybridized carbons (Fsp3) is 0.529. The van der Waals surface area contributed by atoms with Crippen LogP contribution in [0.15, 0.2) is 18.2 Å². The topological polar surface area (TPSA) is 55.1 Å². The molecule has 0 radical (unpaired) electrons. The minimum Gasteiger partial charge on any atom is -0.478 e. The molecule has 21 heavy (non-hydrogen) atoms. The van der Waals surface area contributed by atoms with E-state index in [1.165, 1.54) is 12.8 Å². The molecule has 0 amide bonds. The molecule has 1 fully saturated rings. The van der Waals surface area contributed by atoms with Gasteiger partial charge in [-0.15, -0.1) is 0 Å². The zero-order chi connectivity index (χ0) is 15.2. The van der Waals surface area contributed by atoms with Gasteiger partial charge in [0.1, 0.15) is 11.3 Å². The van der Waals surface area contributed by atoms with Crippen LogP contribution >= 0.6 is 0 Å². The van der Waals surface area contributed by atoms with E-state index in [1.807, 2.05) is 12.1 Å². The lowest BCUT2D eigenvalue weighted by molar-refractivity contribution is 0.0699. The van der Waals surface area contributed by atoms with Crippen molar-refractivity contribution in [3.63, 3.8) is 0 Å². The number of hydrogen-bond donors (Lipinski definition) is 1. The molecule has 1 N–H and O–H groups in total. The molecule has 0 unspecified atom stereocenters. The summed E-state index contributed by atoms with van der Waals surface area (Å²) >= 11 is 0. The molecule has 0 bridgehead atoms. The number of fused-ring (bicyclic) bond motifs is 1. The summed E-state index contributed by atoms with van der Waals surface area (Å²) in [4.78, 5) is 16.1.